The van der Waals surface area contributed by atoms with Gasteiger partial charge in [-0.15, -0.1) is 0 Å². The highest BCUT2D eigenvalue weighted by Gasteiger charge is 2.15. The van der Waals surface area contributed by atoms with E-state index in [1.54, 1.807) is 19.2 Å². The van der Waals surface area contributed by atoms with Crippen LogP contribution in [-0.2, 0) is 4.74 Å². The normalized spacial score (nSPS) is 12.7. The first-order chi connectivity index (χ1) is 9.10. The number of carbonyl (C=O) groups excluding carboxylic acids is 1. The lowest BCUT2D eigenvalue weighted by atomic mass is 10.1. The lowest BCUT2D eigenvalue weighted by molar-refractivity contribution is 0.0873. The minimum atomic E-state index is 0.0914. The quantitative estimate of drug-likeness (QED) is 0.686. The van der Waals surface area contributed by atoms with Gasteiger partial charge >= 0.3 is 0 Å². The molecule has 0 amide bonds. The fraction of sp³-hybridized carbons (Fsp3) is 0.533. The van der Waals surface area contributed by atoms with Crippen LogP contribution in [0.1, 0.15) is 30.6 Å². The lowest BCUT2D eigenvalue weighted by Gasteiger charge is -2.26. The first kappa shape index (κ1) is 16.2. The van der Waals surface area contributed by atoms with Crippen LogP contribution in [-0.4, -0.2) is 43.5 Å². The van der Waals surface area contributed by atoms with E-state index in [4.69, 9.17) is 16.3 Å². The maximum Gasteiger partial charge on any atom is 0.165 e. The zero-order chi connectivity index (χ0) is 14.3. The SMILES string of the molecule is CCN(CCC(=O)c1ccccc1Cl)C(C)COC. The number of carbonyl (C=O) groups is 1. The second-order valence-electron chi connectivity index (χ2n) is 4.59. The third-order valence-corrected chi connectivity index (χ3v) is 3.57. The summed E-state index contributed by atoms with van der Waals surface area (Å²) in [5, 5.41) is 0.528. The second kappa shape index (κ2) is 8.31. The van der Waals surface area contributed by atoms with Crippen LogP contribution in [0.15, 0.2) is 24.3 Å². The molecule has 0 spiro atoms. The van der Waals surface area contributed by atoms with Gasteiger partial charge < -0.3 is 4.74 Å². The summed E-state index contributed by atoms with van der Waals surface area (Å²) >= 11 is 6.03. The van der Waals surface area contributed by atoms with E-state index in [-0.39, 0.29) is 5.78 Å². The fourth-order valence-electron chi connectivity index (χ4n) is 2.10. The number of benzene rings is 1. The molecule has 0 N–H and O–H groups in total. The number of Topliss-reactive ketones (excluding diaryl/α,β-unsaturated/α-hetero) is 1. The smallest absolute Gasteiger partial charge is 0.165 e. The fourth-order valence-corrected chi connectivity index (χ4v) is 2.35. The van der Waals surface area contributed by atoms with Crippen molar-refractivity contribution in [2.45, 2.75) is 26.3 Å². The van der Waals surface area contributed by atoms with Crippen molar-refractivity contribution in [2.75, 3.05) is 26.8 Å². The zero-order valence-electron chi connectivity index (χ0n) is 11.9. The second-order valence-corrected chi connectivity index (χ2v) is 4.99. The number of ether oxygens (including phenoxy) is 1. The van der Waals surface area contributed by atoms with Crippen molar-refractivity contribution in [3.8, 4) is 0 Å². The molecule has 0 saturated carbocycles. The van der Waals surface area contributed by atoms with E-state index < -0.39 is 0 Å². The molecule has 0 aliphatic carbocycles. The summed E-state index contributed by atoms with van der Waals surface area (Å²) in [6.07, 6.45) is 0.478. The molecule has 4 heteroatoms. The van der Waals surface area contributed by atoms with Gasteiger partial charge in [0.25, 0.3) is 0 Å². The molecule has 0 heterocycles. The van der Waals surface area contributed by atoms with Crippen molar-refractivity contribution >= 4 is 17.4 Å². The molecule has 1 rings (SSSR count). The van der Waals surface area contributed by atoms with Crippen molar-refractivity contribution in [2.24, 2.45) is 0 Å². The highest BCUT2D eigenvalue weighted by molar-refractivity contribution is 6.33. The third kappa shape index (κ3) is 4.94. The summed E-state index contributed by atoms with van der Waals surface area (Å²) in [7, 11) is 1.69. The van der Waals surface area contributed by atoms with Gasteiger partial charge in [0.1, 0.15) is 0 Å². The molecule has 0 aromatic heterocycles. The van der Waals surface area contributed by atoms with E-state index in [1.165, 1.54) is 0 Å². The van der Waals surface area contributed by atoms with E-state index in [2.05, 4.69) is 18.7 Å². The van der Waals surface area contributed by atoms with E-state index in [9.17, 15) is 4.79 Å². The van der Waals surface area contributed by atoms with Gasteiger partial charge in [-0.2, -0.15) is 0 Å². The molecule has 3 nitrogen and oxygen atoms in total. The molecule has 1 atom stereocenters. The van der Waals surface area contributed by atoms with Crippen molar-refractivity contribution < 1.29 is 9.53 Å². The zero-order valence-corrected chi connectivity index (χ0v) is 12.6. The average Bonchev–Trinajstić information content (AvgIpc) is 2.40. The number of likely N-dealkylation sites (N-methyl/N-ethyl adjacent to an activating group) is 1. The van der Waals surface area contributed by atoms with Gasteiger partial charge in [0.2, 0.25) is 0 Å². The molecule has 0 aliphatic heterocycles. The summed E-state index contributed by atoms with van der Waals surface area (Å²) in [5.41, 5.74) is 0.611. The predicted molar refractivity (Wildman–Crippen MR) is 79.0 cm³/mol. The molecule has 106 valence electrons. The molecule has 0 bridgehead atoms. The van der Waals surface area contributed by atoms with E-state index in [0.717, 1.165) is 13.1 Å². The third-order valence-electron chi connectivity index (χ3n) is 3.24. The Kier molecular flexibility index (Phi) is 7.06. The number of hydrogen-bond acceptors (Lipinski definition) is 3. The van der Waals surface area contributed by atoms with Gasteiger partial charge in [0.15, 0.2) is 5.78 Å². The summed E-state index contributed by atoms with van der Waals surface area (Å²) in [4.78, 5) is 14.4. The largest absolute Gasteiger partial charge is 0.383 e. The van der Waals surface area contributed by atoms with Gasteiger partial charge in [-0.25, -0.2) is 0 Å². The van der Waals surface area contributed by atoms with Gasteiger partial charge in [-0.1, -0.05) is 30.7 Å². The molecular weight excluding hydrogens is 262 g/mol. The Bertz CT molecular complexity index is 409. The van der Waals surface area contributed by atoms with Gasteiger partial charge in [0, 0.05) is 31.7 Å². The van der Waals surface area contributed by atoms with Crippen LogP contribution in [0.2, 0.25) is 5.02 Å². The molecule has 1 aromatic rings. The van der Waals surface area contributed by atoms with Crippen LogP contribution >= 0.6 is 11.6 Å². The van der Waals surface area contributed by atoms with Crippen LogP contribution in [0, 0.1) is 0 Å². The lowest BCUT2D eigenvalue weighted by Crippen LogP contribution is -2.37. The molecule has 0 radical (unpaired) electrons. The topological polar surface area (TPSA) is 29.5 Å². The Labute approximate surface area is 120 Å². The van der Waals surface area contributed by atoms with Crippen molar-refractivity contribution in [1.82, 2.24) is 4.90 Å². The molecule has 0 aliphatic rings. The Morgan fingerprint density at radius 3 is 2.68 bits per heavy atom. The molecule has 0 fully saturated rings. The van der Waals surface area contributed by atoms with Crippen LogP contribution < -0.4 is 0 Å². The Hall–Kier alpha value is -0.900. The van der Waals surface area contributed by atoms with Crippen molar-refractivity contribution in [3.63, 3.8) is 0 Å². The number of halogens is 1. The van der Waals surface area contributed by atoms with Gasteiger partial charge in [0.05, 0.1) is 11.6 Å². The van der Waals surface area contributed by atoms with Crippen LogP contribution in [0.4, 0.5) is 0 Å². The van der Waals surface area contributed by atoms with Gasteiger partial charge in [-0.05, 0) is 25.6 Å². The Morgan fingerprint density at radius 1 is 1.42 bits per heavy atom. The molecule has 1 aromatic carbocycles. The molecule has 0 saturated heterocycles. The van der Waals surface area contributed by atoms with Crippen LogP contribution in [0.25, 0.3) is 0 Å². The first-order valence-corrected chi connectivity index (χ1v) is 6.98. The average molecular weight is 284 g/mol. The van der Waals surface area contributed by atoms with Crippen LogP contribution in [0.5, 0.6) is 0 Å². The summed E-state index contributed by atoms with van der Waals surface area (Å²) in [6.45, 7) is 6.50. The Morgan fingerprint density at radius 2 is 2.11 bits per heavy atom. The summed E-state index contributed by atoms with van der Waals surface area (Å²) < 4.78 is 5.15. The first-order valence-electron chi connectivity index (χ1n) is 6.60. The minimum Gasteiger partial charge on any atom is -0.383 e. The van der Waals surface area contributed by atoms with E-state index in [1.807, 2.05) is 12.1 Å². The minimum absolute atomic E-state index is 0.0914. The Balaban J connectivity index is 2.56. The number of ketones is 1. The predicted octanol–water partition coefficient (Wildman–Crippen LogP) is 3.27. The van der Waals surface area contributed by atoms with E-state index in [0.29, 0.717) is 29.7 Å². The van der Waals surface area contributed by atoms with Crippen molar-refractivity contribution in [3.05, 3.63) is 34.9 Å². The molecule has 1 unspecified atom stereocenters. The van der Waals surface area contributed by atoms with E-state index >= 15 is 0 Å². The van der Waals surface area contributed by atoms with Gasteiger partial charge in [-0.3, -0.25) is 9.69 Å². The standard InChI is InChI=1S/C15H22ClNO2/c1-4-17(12(2)11-19-3)10-9-15(18)13-7-5-6-8-14(13)16/h5-8,12H,4,9-11H2,1-3H3. The maximum absolute atomic E-state index is 12.1. The number of hydrogen-bond donors (Lipinski definition) is 0. The summed E-state index contributed by atoms with van der Waals surface area (Å²) in [5.74, 6) is 0.0914. The number of rotatable bonds is 8. The van der Waals surface area contributed by atoms with Crippen LogP contribution in [0.3, 0.4) is 0 Å². The number of methoxy groups -OCH3 is 1. The monoisotopic (exact) mass is 283 g/mol. The molecular formula is C15H22ClNO2. The molecule has 19 heavy (non-hydrogen) atoms. The highest BCUT2D eigenvalue weighted by atomic mass is 35.5. The highest BCUT2D eigenvalue weighted by Crippen LogP contribution is 2.17. The summed E-state index contributed by atoms with van der Waals surface area (Å²) in [6, 6.07) is 7.51. The maximum atomic E-state index is 12.1. The number of nitrogens with zero attached hydrogens (tertiary/aromatic N) is 1. The van der Waals surface area contributed by atoms with Crippen molar-refractivity contribution in [1.29, 1.82) is 0 Å².